The summed E-state index contributed by atoms with van der Waals surface area (Å²) in [6.07, 6.45) is -6.78. The van der Waals surface area contributed by atoms with Crippen molar-refractivity contribution in [3.63, 3.8) is 0 Å². The molecule has 5 atom stereocenters. The fourth-order valence-electron chi connectivity index (χ4n) is 2.01. The van der Waals surface area contributed by atoms with Gasteiger partial charge in [-0.2, -0.15) is 0 Å². The molecule has 1 aliphatic heterocycles. The Labute approximate surface area is 121 Å². The first-order chi connectivity index (χ1) is 10.0. The van der Waals surface area contributed by atoms with Gasteiger partial charge in [0.05, 0.1) is 5.69 Å². The number of aliphatic hydroxyl groups excluding tert-OH is 3. The van der Waals surface area contributed by atoms with Gasteiger partial charge in [0.15, 0.2) is 12.4 Å². The molecular formula is C13H18N2O6. The first-order valence-corrected chi connectivity index (χ1v) is 6.38. The second kappa shape index (κ2) is 6.83. The van der Waals surface area contributed by atoms with E-state index < -0.39 is 36.6 Å². The number of aliphatic hydroxyl groups is 3. The highest BCUT2D eigenvalue weighted by Crippen LogP contribution is 2.24. The Balaban J connectivity index is 1.90. The summed E-state index contributed by atoms with van der Waals surface area (Å²) in [6.45, 7) is 0. The van der Waals surface area contributed by atoms with Crippen LogP contribution in [-0.4, -0.2) is 59.0 Å². The van der Waals surface area contributed by atoms with Gasteiger partial charge in [-0.3, -0.25) is 15.6 Å². The van der Waals surface area contributed by atoms with Crippen LogP contribution in [0.2, 0.25) is 0 Å². The fraction of sp³-hybridized carbons (Fsp3) is 0.462. The molecule has 1 heterocycles. The lowest BCUT2D eigenvalue weighted by Crippen LogP contribution is -2.48. The van der Waals surface area contributed by atoms with E-state index in [1.54, 1.807) is 24.3 Å². The number of carbonyl (C=O) groups is 1. The van der Waals surface area contributed by atoms with Gasteiger partial charge in [-0.25, -0.2) is 0 Å². The molecule has 21 heavy (non-hydrogen) atoms. The predicted molar refractivity (Wildman–Crippen MR) is 71.9 cm³/mol. The normalized spacial score (nSPS) is 29.9. The number of benzene rings is 1. The number of anilines is 1. The maximum absolute atomic E-state index is 11.8. The van der Waals surface area contributed by atoms with Crippen LogP contribution < -0.4 is 10.9 Å². The molecule has 0 unspecified atom stereocenters. The fourth-order valence-corrected chi connectivity index (χ4v) is 2.01. The number of ether oxygens (including phenoxy) is 2. The monoisotopic (exact) mass is 298 g/mol. The third-order valence-corrected chi connectivity index (χ3v) is 3.17. The van der Waals surface area contributed by atoms with Crippen molar-refractivity contribution in [3.8, 4) is 0 Å². The van der Waals surface area contributed by atoms with E-state index in [4.69, 9.17) is 9.47 Å². The van der Waals surface area contributed by atoms with Gasteiger partial charge in [-0.1, -0.05) is 18.2 Å². The molecule has 8 heteroatoms. The van der Waals surface area contributed by atoms with Crippen LogP contribution in [0.5, 0.6) is 0 Å². The summed E-state index contributed by atoms with van der Waals surface area (Å²) >= 11 is 0. The van der Waals surface area contributed by atoms with Gasteiger partial charge in [0, 0.05) is 7.11 Å². The molecule has 0 saturated carbocycles. The van der Waals surface area contributed by atoms with Gasteiger partial charge in [-0.05, 0) is 12.1 Å². The number of nitrogens with one attached hydrogen (secondary N) is 2. The second-order valence-corrected chi connectivity index (χ2v) is 4.61. The topological polar surface area (TPSA) is 120 Å². The zero-order chi connectivity index (χ0) is 15.4. The second-order valence-electron chi connectivity index (χ2n) is 4.61. The van der Waals surface area contributed by atoms with Gasteiger partial charge in [0.2, 0.25) is 0 Å². The van der Waals surface area contributed by atoms with Crippen molar-refractivity contribution in [2.45, 2.75) is 30.7 Å². The van der Waals surface area contributed by atoms with Gasteiger partial charge in [0.25, 0.3) is 5.91 Å². The molecule has 1 aromatic carbocycles. The van der Waals surface area contributed by atoms with Crippen molar-refractivity contribution < 1.29 is 29.6 Å². The van der Waals surface area contributed by atoms with Gasteiger partial charge in [0.1, 0.15) is 18.3 Å². The first kappa shape index (κ1) is 15.7. The van der Waals surface area contributed by atoms with E-state index in [9.17, 15) is 20.1 Å². The van der Waals surface area contributed by atoms with E-state index in [2.05, 4.69) is 10.9 Å². The van der Waals surface area contributed by atoms with Crippen molar-refractivity contribution in [1.29, 1.82) is 0 Å². The van der Waals surface area contributed by atoms with E-state index in [0.717, 1.165) is 0 Å². The lowest BCUT2D eigenvalue weighted by atomic mass is 10.1. The van der Waals surface area contributed by atoms with Crippen LogP contribution >= 0.6 is 0 Å². The van der Waals surface area contributed by atoms with Gasteiger partial charge >= 0.3 is 0 Å². The molecule has 0 spiro atoms. The van der Waals surface area contributed by atoms with Gasteiger partial charge in [-0.15, -0.1) is 0 Å². The summed E-state index contributed by atoms with van der Waals surface area (Å²) < 4.78 is 9.90. The van der Waals surface area contributed by atoms with Crippen LogP contribution in [0.4, 0.5) is 5.69 Å². The van der Waals surface area contributed by atoms with Crippen LogP contribution in [0, 0.1) is 0 Å². The van der Waals surface area contributed by atoms with Crippen LogP contribution in [-0.2, 0) is 14.3 Å². The van der Waals surface area contributed by atoms with Crippen molar-refractivity contribution in [2.75, 3.05) is 12.5 Å². The SMILES string of the molecule is CO[C@H]1O[C@@H]([C@H](O)C(=O)NNc2ccccc2)[C@@H](O)[C@@H]1O. The van der Waals surface area contributed by atoms with Crippen molar-refractivity contribution >= 4 is 11.6 Å². The van der Waals surface area contributed by atoms with E-state index in [1.807, 2.05) is 6.07 Å². The quantitative estimate of drug-likeness (QED) is 0.423. The average Bonchev–Trinajstić information content (AvgIpc) is 2.80. The number of carbonyl (C=O) groups excluding carboxylic acids is 1. The Bertz CT molecular complexity index is 471. The van der Waals surface area contributed by atoms with Gasteiger partial charge < -0.3 is 24.8 Å². The lowest BCUT2D eigenvalue weighted by Gasteiger charge is -2.20. The summed E-state index contributed by atoms with van der Waals surface area (Å²) in [4.78, 5) is 11.8. The highest BCUT2D eigenvalue weighted by Gasteiger charge is 2.48. The molecule has 0 aliphatic carbocycles. The number of hydrogen-bond acceptors (Lipinski definition) is 7. The molecule has 0 radical (unpaired) electrons. The Kier molecular flexibility index (Phi) is 5.10. The summed E-state index contributed by atoms with van der Waals surface area (Å²) in [6, 6.07) is 8.80. The Morgan fingerprint density at radius 3 is 2.52 bits per heavy atom. The number of hydrazine groups is 1. The van der Waals surface area contributed by atoms with Crippen molar-refractivity contribution in [3.05, 3.63) is 30.3 Å². The van der Waals surface area contributed by atoms with Crippen LogP contribution in [0.25, 0.3) is 0 Å². The highest BCUT2D eigenvalue weighted by molar-refractivity contribution is 5.82. The summed E-state index contributed by atoms with van der Waals surface area (Å²) in [5.41, 5.74) is 5.53. The molecule has 8 nitrogen and oxygen atoms in total. The zero-order valence-corrected chi connectivity index (χ0v) is 11.3. The molecule has 1 aromatic rings. The van der Waals surface area contributed by atoms with Crippen LogP contribution in [0.3, 0.4) is 0 Å². The Morgan fingerprint density at radius 1 is 1.29 bits per heavy atom. The molecule has 0 bridgehead atoms. The van der Waals surface area contributed by atoms with Crippen molar-refractivity contribution in [2.24, 2.45) is 0 Å². The number of hydrogen-bond donors (Lipinski definition) is 5. The molecule has 116 valence electrons. The third-order valence-electron chi connectivity index (χ3n) is 3.17. The summed E-state index contributed by atoms with van der Waals surface area (Å²) in [7, 11) is 1.28. The molecular weight excluding hydrogens is 280 g/mol. The standard InChI is InChI=1S/C13H18N2O6/c1-20-13-9(17)8(16)11(21-13)10(18)12(19)15-14-7-5-3-2-4-6-7/h2-6,8-11,13-14,16-18H,1H3,(H,15,19)/t8-,9-,10-,11+,13-/m0/s1. The third kappa shape index (κ3) is 3.49. The van der Waals surface area contributed by atoms with E-state index in [0.29, 0.717) is 5.69 Å². The maximum atomic E-state index is 11.8. The summed E-state index contributed by atoms with van der Waals surface area (Å²) in [5, 5.41) is 29.2. The Hall–Kier alpha value is -1.71. The maximum Gasteiger partial charge on any atom is 0.269 e. The Morgan fingerprint density at radius 2 is 1.95 bits per heavy atom. The smallest absolute Gasteiger partial charge is 0.269 e. The first-order valence-electron chi connectivity index (χ1n) is 6.38. The largest absolute Gasteiger partial charge is 0.387 e. The van der Waals surface area contributed by atoms with Crippen LogP contribution in [0.15, 0.2) is 30.3 Å². The minimum Gasteiger partial charge on any atom is -0.387 e. The van der Waals surface area contributed by atoms with E-state index in [1.165, 1.54) is 7.11 Å². The molecule has 5 N–H and O–H groups in total. The van der Waals surface area contributed by atoms with E-state index in [-0.39, 0.29) is 0 Å². The summed E-state index contributed by atoms with van der Waals surface area (Å²) in [5.74, 6) is -0.799. The number of rotatable bonds is 5. The average molecular weight is 298 g/mol. The van der Waals surface area contributed by atoms with Crippen molar-refractivity contribution in [1.82, 2.24) is 5.43 Å². The zero-order valence-electron chi connectivity index (χ0n) is 11.3. The molecule has 1 aliphatic rings. The molecule has 1 saturated heterocycles. The van der Waals surface area contributed by atoms with Crippen LogP contribution in [0.1, 0.15) is 0 Å². The minimum absolute atomic E-state index is 0.626. The molecule has 1 amide bonds. The molecule has 0 aromatic heterocycles. The number of amides is 1. The molecule has 1 fully saturated rings. The molecule has 2 rings (SSSR count). The number of methoxy groups -OCH3 is 1. The van der Waals surface area contributed by atoms with E-state index >= 15 is 0 Å². The highest BCUT2D eigenvalue weighted by atomic mass is 16.7. The lowest BCUT2D eigenvalue weighted by molar-refractivity contribution is -0.169. The number of para-hydroxylation sites is 1. The predicted octanol–water partition coefficient (Wildman–Crippen LogP) is -1.42. The minimum atomic E-state index is -1.66.